The number of fused-ring (bicyclic) bond motifs is 1. The Morgan fingerprint density at radius 3 is 2.53 bits per heavy atom. The molecule has 1 atom stereocenters. The second kappa shape index (κ2) is 9.60. The normalized spacial score (nSPS) is 15.5. The van der Waals surface area contributed by atoms with E-state index in [1.54, 1.807) is 14.0 Å². The Kier molecular flexibility index (Phi) is 7.27. The molecule has 0 fully saturated rings. The zero-order chi connectivity index (χ0) is 23.6. The quantitative estimate of drug-likeness (QED) is 0.405. The number of allylic oxidation sites excluding steroid dienone is 1. The first kappa shape index (κ1) is 24.2. The summed E-state index contributed by atoms with van der Waals surface area (Å²) in [4.78, 5) is 47.3. The van der Waals surface area contributed by atoms with Crippen LogP contribution in [0.2, 0.25) is 0 Å². The molecule has 174 valence electrons. The maximum absolute atomic E-state index is 12.9. The summed E-state index contributed by atoms with van der Waals surface area (Å²) in [7, 11) is 3.03. The largest absolute Gasteiger partial charge is 0.355 e. The van der Waals surface area contributed by atoms with Crippen LogP contribution in [0.1, 0.15) is 65.6 Å². The summed E-state index contributed by atoms with van der Waals surface area (Å²) in [5.74, 6) is 0.421. The first-order chi connectivity index (χ1) is 15.0. The van der Waals surface area contributed by atoms with Crippen LogP contribution in [0.4, 0.5) is 0 Å². The van der Waals surface area contributed by atoms with Crippen molar-refractivity contribution in [3.05, 3.63) is 38.3 Å². The van der Waals surface area contributed by atoms with Gasteiger partial charge in [-0.05, 0) is 39.0 Å². The molecule has 8 nitrogen and oxygen atoms in total. The van der Waals surface area contributed by atoms with Gasteiger partial charge in [-0.3, -0.25) is 18.7 Å². The number of aryl methyl sites for hydroxylation is 1. The number of nitrogens with one attached hydrogen (secondary N) is 1. The highest BCUT2D eigenvalue weighted by Gasteiger charge is 2.26. The second-order valence-corrected chi connectivity index (χ2v) is 10.7. The summed E-state index contributed by atoms with van der Waals surface area (Å²) < 4.78 is 2.41. The van der Waals surface area contributed by atoms with Gasteiger partial charge in [0, 0.05) is 26.1 Å². The molecule has 1 aliphatic carbocycles. The van der Waals surface area contributed by atoms with Crippen LogP contribution in [0.15, 0.2) is 26.3 Å². The van der Waals surface area contributed by atoms with E-state index < -0.39 is 16.5 Å². The minimum Gasteiger partial charge on any atom is -0.355 e. The van der Waals surface area contributed by atoms with Gasteiger partial charge in [-0.2, -0.15) is 0 Å². The van der Waals surface area contributed by atoms with Crippen molar-refractivity contribution >= 4 is 28.7 Å². The number of aromatic nitrogens is 4. The van der Waals surface area contributed by atoms with E-state index in [9.17, 15) is 14.4 Å². The minimum atomic E-state index is -0.456. The lowest BCUT2D eigenvalue weighted by atomic mass is 9.96. The number of thioether (sulfide) groups is 1. The molecule has 0 spiro atoms. The number of rotatable bonds is 6. The molecule has 2 aromatic rings. The molecule has 0 saturated heterocycles. The molecule has 0 radical (unpaired) electrons. The van der Waals surface area contributed by atoms with Gasteiger partial charge in [0.15, 0.2) is 5.65 Å². The lowest BCUT2D eigenvalue weighted by Gasteiger charge is -2.20. The molecule has 0 aromatic carbocycles. The van der Waals surface area contributed by atoms with Crippen LogP contribution < -0.4 is 16.6 Å². The number of amides is 1. The van der Waals surface area contributed by atoms with E-state index in [1.165, 1.54) is 41.8 Å². The van der Waals surface area contributed by atoms with Gasteiger partial charge in [0.05, 0.1) is 5.25 Å². The average Bonchev–Trinajstić information content (AvgIpc) is 2.75. The smallest absolute Gasteiger partial charge is 0.332 e. The zero-order valence-corrected chi connectivity index (χ0v) is 20.6. The second-order valence-electron chi connectivity index (χ2n) is 9.42. The van der Waals surface area contributed by atoms with Crippen molar-refractivity contribution in [3.8, 4) is 0 Å². The maximum atomic E-state index is 12.9. The standard InChI is InChI=1S/C23H33N5O3S/c1-14(18(29)24-13-12-15-10-8-7-9-11-15)32-19-16-17(25-21(26-19)23(2,3)4)27(5)22(31)28(6)20(16)30/h10,14H,7-9,11-13H2,1-6H3,(H,24,29)/t14-/m0/s1. The monoisotopic (exact) mass is 459 g/mol. The fourth-order valence-corrected chi connectivity index (χ4v) is 4.65. The third-order valence-corrected chi connectivity index (χ3v) is 6.81. The van der Waals surface area contributed by atoms with Gasteiger partial charge in [0.2, 0.25) is 5.91 Å². The Morgan fingerprint density at radius 1 is 1.19 bits per heavy atom. The highest BCUT2D eigenvalue weighted by molar-refractivity contribution is 8.00. The zero-order valence-electron chi connectivity index (χ0n) is 19.8. The molecule has 9 heteroatoms. The van der Waals surface area contributed by atoms with Gasteiger partial charge in [-0.25, -0.2) is 14.8 Å². The lowest BCUT2D eigenvalue weighted by molar-refractivity contribution is -0.120. The molecule has 0 bridgehead atoms. The van der Waals surface area contributed by atoms with Crippen molar-refractivity contribution < 1.29 is 4.79 Å². The highest BCUT2D eigenvalue weighted by Crippen LogP contribution is 2.29. The van der Waals surface area contributed by atoms with Crippen molar-refractivity contribution in [1.82, 2.24) is 24.4 Å². The molecule has 1 aliphatic rings. The summed E-state index contributed by atoms with van der Waals surface area (Å²) in [6.07, 6.45) is 7.87. The Balaban J connectivity index is 1.89. The summed E-state index contributed by atoms with van der Waals surface area (Å²) >= 11 is 1.23. The van der Waals surface area contributed by atoms with Crippen LogP contribution in [0.25, 0.3) is 11.0 Å². The molecule has 1 N–H and O–H groups in total. The Morgan fingerprint density at radius 2 is 1.91 bits per heavy atom. The Labute approximate surface area is 192 Å². The molecule has 0 unspecified atom stereocenters. The molecule has 0 saturated carbocycles. The summed E-state index contributed by atoms with van der Waals surface area (Å²) in [5, 5.41) is 3.24. The van der Waals surface area contributed by atoms with E-state index in [2.05, 4.69) is 21.4 Å². The molecule has 1 amide bonds. The highest BCUT2D eigenvalue weighted by atomic mass is 32.2. The number of hydrogen-bond acceptors (Lipinski definition) is 6. The predicted molar refractivity (Wildman–Crippen MR) is 128 cm³/mol. The van der Waals surface area contributed by atoms with E-state index in [4.69, 9.17) is 0 Å². The van der Waals surface area contributed by atoms with Crippen molar-refractivity contribution in [1.29, 1.82) is 0 Å². The van der Waals surface area contributed by atoms with E-state index in [0.717, 1.165) is 23.8 Å². The van der Waals surface area contributed by atoms with Gasteiger partial charge in [-0.15, -0.1) is 0 Å². The van der Waals surface area contributed by atoms with E-state index >= 15 is 0 Å². The fourth-order valence-electron chi connectivity index (χ4n) is 3.69. The molecular formula is C23H33N5O3S. The molecule has 0 aliphatic heterocycles. The number of carbonyl (C=O) groups is 1. The lowest BCUT2D eigenvalue weighted by Crippen LogP contribution is -2.38. The summed E-state index contributed by atoms with van der Waals surface area (Å²) in [5.41, 5.74) is 0.415. The number of carbonyl (C=O) groups excluding carboxylic acids is 1. The summed E-state index contributed by atoms with van der Waals surface area (Å²) in [6.45, 7) is 8.31. The first-order valence-corrected chi connectivity index (χ1v) is 12.0. The number of hydrogen-bond donors (Lipinski definition) is 1. The fraction of sp³-hybridized carbons (Fsp3) is 0.609. The van der Waals surface area contributed by atoms with Crippen molar-refractivity contribution in [2.24, 2.45) is 14.1 Å². The average molecular weight is 460 g/mol. The van der Waals surface area contributed by atoms with Gasteiger partial charge in [0.25, 0.3) is 5.56 Å². The van der Waals surface area contributed by atoms with Crippen LogP contribution in [0.5, 0.6) is 0 Å². The van der Waals surface area contributed by atoms with Gasteiger partial charge >= 0.3 is 5.69 Å². The molecule has 2 heterocycles. The van der Waals surface area contributed by atoms with Crippen molar-refractivity contribution in [3.63, 3.8) is 0 Å². The van der Waals surface area contributed by atoms with E-state index in [1.807, 2.05) is 20.8 Å². The van der Waals surface area contributed by atoms with Crippen LogP contribution in [0, 0.1) is 0 Å². The molecule has 3 rings (SSSR count). The van der Waals surface area contributed by atoms with Crippen LogP contribution >= 0.6 is 11.8 Å². The van der Waals surface area contributed by atoms with Crippen LogP contribution in [-0.4, -0.2) is 36.8 Å². The number of nitrogens with zero attached hydrogens (tertiary/aromatic N) is 4. The maximum Gasteiger partial charge on any atom is 0.332 e. The third-order valence-electron chi connectivity index (χ3n) is 5.73. The molecule has 2 aromatic heterocycles. The van der Waals surface area contributed by atoms with Crippen molar-refractivity contribution in [2.75, 3.05) is 6.54 Å². The van der Waals surface area contributed by atoms with Crippen LogP contribution in [-0.2, 0) is 24.3 Å². The Bertz CT molecular complexity index is 1170. The van der Waals surface area contributed by atoms with Gasteiger partial charge in [-0.1, -0.05) is 44.2 Å². The summed E-state index contributed by atoms with van der Waals surface area (Å²) in [6, 6.07) is 0. The minimum absolute atomic E-state index is 0.0999. The van der Waals surface area contributed by atoms with Gasteiger partial charge < -0.3 is 5.32 Å². The first-order valence-electron chi connectivity index (χ1n) is 11.1. The third kappa shape index (κ3) is 5.14. The SMILES string of the molecule is C[C@H](Sc1nc(C(C)(C)C)nc2c1c(=O)n(C)c(=O)n2C)C(=O)NCCC1=CCCCC1. The van der Waals surface area contributed by atoms with E-state index in [-0.39, 0.29) is 22.4 Å². The molecule has 32 heavy (non-hydrogen) atoms. The Hall–Kier alpha value is -2.42. The predicted octanol–water partition coefficient (Wildman–Crippen LogP) is 2.81. The molecular weight excluding hydrogens is 426 g/mol. The van der Waals surface area contributed by atoms with E-state index in [0.29, 0.717) is 17.4 Å². The van der Waals surface area contributed by atoms with Crippen LogP contribution in [0.3, 0.4) is 0 Å². The van der Waals surface area contributed by atoms with Crippen molar-refractivity contribution in [2.45, 2.75) is 75.5 Å². The topological polar surface area (TPSA) is 98.9 Å². The van der Waals surface area contributed by atoms with Gasteiger partial charge in [0.1, 0.15) is 16.2 Å².